The van der Waals surface area contributed by atoms with E-state index in [-0.39, 0.29) is 42.0 Å². The lowest BCUT2D eigenvalue weighted by atomic mass is 9.65. The van der Waals surface area contributed by atoms with Crippen molar-refractivity contribution in [3.05, 3.63) is 49.6 Å². The molecule has 3 heterocycles. The zero-order chi connectivity index (χ0) is 29.7. The summed E-state index contributed by atoms with van der Waals surface area (Å²) in [5.41, 5.74) is 0.714. The van der Waals surface area contributed by atoms with Crippen molar-refractivity contribution < 1.29 is 24.2 Å². The van der Waals surface area contributed by atoms with Crippen LogP contribution in [0.2, 0.25) is 0 Å². The highest BCUT2D eigenvalue weighted by Crippen LogP contribution is 2.69. The second-order valence-electron chi connectivity index (χ2n) is 11.3. The van der Waals surface area contributed by atoms with Crippen LogP contribution in [0.1, 0.15) is 46.5 Å². The lowest BCUT2D eigenvalue weighted by Gasteiger charge is -2.41. The number of nitrogens with zero attached hydrogens (tertiary/aromatic N) is 3. The largest absolute Gasteiger partial charge is 0.494 e. The van der Waals surface area contributed by atoms with Crippen LogP contribution >= 0.6 is 11.8 Å². The molecule has 3 fully saturated rings. The van der Waals surface area contributed by atoms with Crippen LogP contribution in [-0.4, -0.2) is 88.1 Å². The Morgan fingerprint density at radius 1 is 1.15 bits per heavy atom. The molecule has 8 nitrogen and oxygen atoms in total. The van der Waals surface area contributed by atoms with E-state index < -0.39 is 22.6 Å². The topological polar surface area (TPSA) is 90.4 Å². The summed E-state index contributed by atoms with van der Waals surface area (Å²) < 4.78 is 4.85. The summed E-state index contributed by atoms with van der Waals surface area (Å²) in [5.74, 6) is -0.843. The van der Waals surface area contributed by atoms with Gasteiger partial charge in [-0.25, -0.2) is 0 Å². The molecular formula is C32H45N3O5S. The van der Waals surface area contributed by atoms with Gasteiger partial charge in [-0.3, -0.25) is 14.4 Å². The average molecular weight is 584 g/mol. The summed E-state index contributed by atoms with van der Waals surface area (Å²) in [6, 6.07) is 6.67. The molecule has 3 aliphatic rings. The monoisotopic (exact) mass is 583 g/mol. The Labute approximate surface area is 248 Å². The van der Waals surface area contributed by atoms with Gasteiger partial charge in [0.1, 0.15) is 11.8 Å². The molecule has 3 amide bonds. The summed E-state index contributed by atoms with van der Waals surface area (Å²) in [4.78, 5) is 48.0. The van der Waals surface area contributed by atoms with Crippen LogP contribution in [0, 0.1) is 17.8 Å². The summed E-state index contributed by atoms with van der Waals surface area (Å²) in [6.45, 7) is 15.6. The van der Waals surface area contributed by atoms with E-state index in [9.17, 15) is 19.5 Å². The molecule has 1 spiro atoms. The van der Waals surface area contributed by atoms with Crippen molar-refractivity contribution in [2.75, 3.05) is 44.3 Å². The number of aliphatic hydroxyl groups is 1. The van der Waals surface area contributed by atoms with E-state index in [1.54, 1.807) is 33.7 Å². The van der Waals surface area contributed by atoms with Gasteiger partial charge in [-0.2, -0.15) is 0 Å². The maximum atomic E-state index is 14.4. The molecule has 1 aromatic carbocycles. The number of β-amino-alcohol motifs (C(OH)–C–C–N with tert-alkyl or cyclic N) is 1. The molecule has 6 atom stereocenters. The Balaban J connectivity index is 1.71. The van der Waals surface area contributed by atoms with E-state index in [4.69, 9.17) is 4.74 Å². The van der Waals surface area contributed by atoms with Gasteiger partial charge in [0.05, 0.1) is 29.8 Å². The number of amides is 3. The van der Waals surface area contributed by atoms with Crippen molar-refractivity contribution in [1.82, 2.24) is 9.80 Å². The Hall–Kier alpha value is -2.78. The number of aliphatic hydroxyl groups excluding tert-OH is 1. The van der Waals surface area contributed by atoms with E-state index in [0.29, 0.717) is 31.9 Å². The summed E-state index contributed by atoms with van der Waals surface area (Å²) in [7, 11) is 0. The Morgan fingerprint density at radius 2 is 1.85 bits per heavy atom. The standard InChI is InChI=1S/C32H45N3O5S/c1-6-10-11-18-33(16-7-2)31(39)28-32-22(5)21-25(41-32)26(27(32)30(38)35(28)19-20-36)29(37)34(17-8-3)23-12-14-24(15-13-23)40-9-4/h7-8,12-15,22,25-28,36H,2-3,6,9-11,16-21H2,1,4-5H3/t22?,25-,26+,27+,28?,32?/m1/s1. The van der Waals surface area contributed by atoms with Gasteiger partial charge in [0, 0.05) is 37.1 Å². The Kier molecular flexibility index (Phi) is 10.2. The number of fused-ring (bicyclic) bond motifs is 1. The molecule has 3 saturated heterocycles. The maximum Gasteiger partial charge on any atom is 0.247 e. The fourth-order valence-electron chi connectivity index (χ4n) is 7.12. The first-order chi connectivity index (χ1) is 19.8. The number of benzene rings is 1. The molecular weight excluding hydrogens is 538 g/mol. The SMILES string of the molecule is C=CCN(CCCCC)C(=O)C1N(CCO)C(=O)[C@@H]2[C@@H](C(=O)N(CC=C)c3ccc(OCC)cc3)[C@H]3CC(C)C12S3. The minimum absolute atomic E-state index is 0.0627. The molecule has 0 radical (unpaired) electrons. The normalized spacial score (nSPS) is 28.0. The molecule has 0 aliphatic carbocycles. The van der Waals surface area contributed by atoms with Gasteiger partial charge >= 0.3 is 0 Å². The molecule has 1 aromatic rings. The third-order valence-corrected chi connectivity index (χ3v) is 10.9. The molecule has 41 heavy (non-hydrogen) atoms. The van der Waals surface area contributed by atoms with E-state index in [1.165, 1.54) is 0 Å². The van der Waals surface area contributed by atoms with Crippen LogP contribution in [-0.2, 0) is 14.4 Å². The average Bonchev–Trinajstić information content (AvgIpc) is 3.55. The first-order valence-corrected chi connectivity index (χ1v) is 15.8. The second kappa shape index (κ2) is 13.5. The lowest BCUT2D eigenvalue weighted by Crippen LogP contribution is -2.57. The van der Waals surface area contributed by atoms with Crippen LogP contribution in [0.25, 0.3) is 0 Å². The minimum atomic E-state index is -0.727. The van der Waals surface area contributed by atoms with Crippen LogP contribution in [0.4, 0.5) is 5.69 Å². The number of anilines is 1. The van der Waals surface area contributed by atoms with E-state index >= 15 is 0 Å². The molecule has 0 saturated carbocycles. The molecule has 2 bridgehead atoms. The zero-order valence-corrected chi connectivity index (χ0v) is 25.5. The maximum absolute atomic E-state index is 14.4. The quantitative estimate of drug-likeness (QED) is 0.247. The van der Waals surface area contributed by atoms with Gasteiger partial charge in [0.15, 0.2) is 0 Å². The van der Waals surface area contributed by atoms with E-state index in [2.05, 4.69) is 27.0 Å². The Morgan fingerprint density at radius 3 is 2.46 bits per heavy atom. The van der Waals surface area contributed by atoms with Crippen LogP contribution in [0.3, 0.4) is 0 Å². The molecule has 3 aliphatic heterocycles. The van der Waals surface area contributed by atoms with Crippen molar-refractivity contribution in [3.8, 4) is 5.75 Å². The first kappa shape index (κ1) is 31.2. The van der Waals surface area contributed by atoms with Crippen molar-refractivity contribution in [2.45, 2.75) is 62.5 Å². The smallest absolute Gasteiger partial charge is 0.247 e. The predicted octanol–water partition coefficient (Wildman–Crippen LogP) is 4.14. The number of thioether (sulfide) groups is 1. The van der Waals surface area contributed by atoms with Gasteiger partial charge in [0.25, 0.3) is 0 Å². The summed E-state index contributed by atoms with van der Waals surface area (Å²) in [5, 5.41) is 9.89. The molecule has 224 valence electrons. The fraction of sp³-hybridized carbons (Fsp3) is 0.594. The number of hydrogen-bond acceptors (Lipinski definition) is 6. The number of rotatable bonds is 15. The molecule has 1 N–H and O–H groups in total. The second-order valence-corrected chi connectivity index (χ2v) is 12.8. The molecule has 3 unspecified atom stereocenters. The van der Waals surface area contributed by atoms with E-state index in [1.807, 2.05) is 36.1 Å². The number of hydrogen-bond donors (Lipinski definition) is 1. The van der Waals surface area contributed by atoms with E-state index in [0.717, 1.165) is 31.4 Å². The van der Waals surface area contributed by atoms with Crippen molar-refractivity contribution >= 4 is 35.2 Å². The van der Waals surface area contributed by atoms with Gasteiger partial charge in [-0.05, 0) is 49.9 Å². The third-order valence-electron chi connectivity index (χ3n) is 8.84. The predicted molar refractivity (Wildman–Crippen MR) is 164 cm³/mol. The summed E-state index contributed by atoms with van der Waals surface area (Å²) in [6.07, 6.45) is 7.09. The summed E-state index contributed by atoms with van der Waals surface area (Å²) >= 11 is 1.66. The number of unbranched alkanes of at least 4 members (excludes halogenated alkanes) is 2. The van der Waals surface area contributed by atoms with Crippen molar-refractivity contribution in [2.24, 2.45) is 17.8 Å². The van der Waals surface area contributed by atoms with Crippen molar-refractivity contribution in [1.29, 1.82) is 0 Å². The number of ether oxygens (including phenoxy) is 1. The number of carbonyl (C=O) groups excluding carboxylic acids is 3. The van der Waals surface area contributed by atoms with Gasteiger partial charge in [-0.1, -0.05) is 38.8 Å². The third kappa shape index (κ3) is 5.55. The van der Waals surface area contributed by atoms with Gasteiger partial charge in [-0.15, -0.1) is 24.9 Å². The zero-order valence-electron chi connectivity index (χ0n) is 24.7. The minimum Gasteiger partial charge on any atom is -0.494 e. The van der Waals surface area contributed by atoms with Crippen molar-refractivity contribution in [3.63, 3.8) is 0 Å². The lowest BCUT2D eigenvalue weighted by molar-refractivity contribution is -0.143. The fourth-order valence-corrected chi connectivity index (χ4v) is 9.53. The number of likely N-dealkylation sites (tertiary alicyclic amines) is 1. The number of carbonyl (C=O) groups is 3. The molecule has 4 rings (SSSR count). The molecule has 0 aromatic heterocycles. The highest BCUT2D eigenvalue weighted by molar-refractivity contribution is 8.02. The van der Waals surface area contributed by atoms with Gasteiger partial charge < -0.3 is 24.5 Å². The highest BCUT2D eigenvalue weighted by atomic mass is 32.2. The van der Waals surface area contributed by atoms with Crippen LogP contribution < -0.4 is 9.64 Å². The Bertz CT molecular complexity index is 1130. The first-order valence-electron chi connectivity index (χ1n) is 14.9. The van der Waals surface area contributed by atoms with Crippen LogP contribution in [0.15, 0.2) is 49.6 Å². The van der Waals surface area contributed by atoms with Crippen LogP contribution in [0.5, 0.6) is 5.75 Å². The molecule has 9 heteroatoms. The highest BCUT2D eigenvalue weighted by Gasteiger charge is 2.76. The van der Waals surface area contributed by atoms with Gasteiger partial charge in [0.2, 0.25) is 17.7 Å².